The third kappa shape index (κ3) is 7.05. The zero-order valence-corrected chi connectivity index (χ0v) is 9.00. The van der Waals surface area contributed by atoms with Crippen LogP contribution >= 0.6 is 23.2 Å². The van der Waals surface area contributed by atoms with E-state index in [-0.39, 0.29) is 10.1 Å². The molecule has 0 radical (unpaired) electrons. The molecule has 0 unspecified atom stereocenters. The summed E-state index contributed by atoms with van der Waals surface area (Å²) in [5, 5.41) is 0. The minimum atomic E-state index is -2.28. The second-order valence-corrected chi connectivity index (χ2v) is 3.39. The molecule has 0 bridgehead atoms. The van der Waals surface area contributed by atoms with E-state index < -0.39 is 11.9 Å². The Morgan fingerprint density at radius 2 is 1.40 bits per heavy atom. The molecule has 0 saturated carbocycles. The Morgan fingerprint density at radius 3 is 1.73 bits per heavy atom. The lowest BCUT2D eigenvalue weighted by molar-refractivity contribution is 0.410. The third-order valence-electron chi connectivity index (χ3n) is 1.19. The van der Waals surface area contributed by atoms with Gasteiger partial charge < -0.3 is 0 Å². The van der Waals surface area contributed by atoms with Crippen molar-refractivity contribution < 1.29 is 13.2 Å². The zero-order chi connectivity index (χ0) is 11.8. The molecule has 0 amide bonds. The van der Waals surface area contributed by atoms with Gasteiger partial charge in [-0.2, -0.15) is 8.78 Å². The molecule has 0 spiro atoms. The van der Waals surface area contributed by atoms with Gasteiger partial charge in [0.25, 0.3) is 0 Å². The number of halogens is 5. The van der Waals surface area contributed by atoms with E-state index >= 15 is 0 Å². The first kappa shape index (κ1) is 14.1. The van der Waals surface area contributed by atoms with Crippen LogP contribution in [0.4, 0.5) is 13.2 Å². The fourth-order valence-corrected chi connectivity index (χ4v) is 0.694. The molecular weight excluding hydrogens is 248 g/mol. The van der Waals surface area contributed by atoms with Crippen LogP contribution < -0.4 is 0 Å². The Morgan fingerprint density at radius 1 is 1.00 bits per heavy atom. The van der Waals surface area contributed by atoms with Gasteiger partial charge in [-0.3, -0.25) is 0 Å². The second kappa shape index (κ2) is 7.37. The van der Waals surface area contributed by atoms with Gasteiger partial charge in [-0.1, -0.05) is 60.1 Å². The first-order valence-corrected chi connectivity index (χ1v) is 4.47. The predicted octanol–water partition coefficient (Wildman–Crippen LogP) is 5.16. The topological polar surface area (TPSA) is 0 Å². The maximum absolute atomic E-state index is 12.4. The molecule has 0 N–H and O–H groups in total. The lowest BCUT2D eigenvalue weighted by atomic mass is 10.2. The van der Waals surface area contributed by atoms with Crippen LogP contribution in [0.15, 0.2) is 47.5 Å². The summed E-state index contributed by atoms with van der Waals surface area (Å²) in [6, 6.07) is 7.20. The van der Waals surface area contributed by atoms with E-state index in [1.54, 1.807) is 6.07 Å². The molecule has 1 rings (SSSR count). The number of hydrogen-bond acceptors (Lipinski definition) is 0. The first-order valence-electron chi connectivity index (χ1n) is 3.71. The summed E-state index contributed by atoms with van der Waals surface area (Å²) in [5.41, 5.74) is -0.0903. The predicted molar refractivity (Wildman–Crippen MR) is 57.5 cm³/mol. The van der Waals surface area contributed by atoms with Crippen LogP contribution in [-0.4, -0.2) is 0 Å². The molecule has 0 aliphatic carbocycles. The molecule has 1 aromatic carbocycles. The summed E-state index contributed by atoms with van der Waals surface area (Å²) < 4.78 is 35.7. The van der Waals surface area contributed by atoms with Crippen molar-refractivity contribution in [1.82, 2.24) is 0 Å². The highest BCUT2D eigenvalue weighted by Gasteiger charge is 2.05. The minimum Gasteiger partial charge on any atom is -0.200 e. The van der Waals surface area contributed by atoms with Gasteiger partial charge in [0.05, 0.1) is 4.49 Å². The highest BCUT2D eigenvalue weighted by molar-refractivity contribution is 6.55. The summed E-state index contributed by atoms with van der Waals surface area (Å²) in [5.74, 6) is -1.45. The molecule has 82 valence electrons. The maximum atomic E-state index is 12.4. The van der Waals surface area contributed by atoms with E-state index in [0.717, 1.165) is 0 Å². The molecule has 0 aliphatic heterocycles. The van der Waals surface area contributed by atoms with Gasteiger partial charge in [0.1, 0.15) is 0 Å². The van der Waals surface area contributed by atoms with Crippen molar-refractivity contribution in [3.05, 3.63) is 53.0 Å². The van der Waals surface area contributed by atoms with Crippen LogP contribution in [0.1, 0.15) is 5.56 Å². The van der Waals surface area contributed by atoms with E-state index in [1.165, 1.54) is 24.3 Å². The van der Waals surface area contributed by atoms with Crippen molar-refractivity contribution in [2.24, 2.45) is 0 Å². The molecule has 0 nitrogen and oxygen atoms in total. The summed E-state index contributed by atoms with van der Waals surface area (Å²) in [6.45, 7) is 3.09. The normalized spacial score (nSPS) is 8.60. The third-order valence-corrected chi connectivity index (χ3v) is 1.19. The number of hydrogen-bond donors (Lipinski definition) is 0. The number of benzene rings is 1. The van der Waals surface area contributed by atoms with E-state index in [2.05, 4.69) is 6.58 Å². The fourth-order valence-electron chi connectivity index (χ4n) is 0.694. The van der Waals surface area contributed by atoms with E-state index in [1.807, 2.05) is 0 Å². The van der Waals surface area contributed by atoms with Crippen molar-refractivity contribution in [2.75, 3.05) is 0 Å². The van der Waals surface area contributed by atoms with Crippen LogP contribution in [-0.2, 0) is 0 Å². The van der Waals surface area contributed by atoms with Gasteiger partial charge >= 0.3 is 6.08 Å². The van der Waals surface area contributed by atoms with E-state index in [0.29, 0.717) is 0 Å². The Hall–Kier alpha value is -0.930. The van der Waals surface area contributed by atoms with Crippen LogP contribution in [0.25, 0.3) is 5.83 Å². The second-order valence-electron chi connectivity index (χ2n) is 2.28. The monoisotopic (exact) mass is 254 g/mol. The van der Waals surface area contributed by atoms with E-state index in [4.69, 9.17) is 23.2 Å². The van der Waals surface area contributed by atoms with Crippen molar-refractivity contribution in [2.45, 2.75) is 0 Å². The Bertz CT molecular complexity index is 339. The summed E-state index contributed by atoms with van der Waals surface area (Å²) in [4.78, 5) is 0. The van der Waals surface area contributed by atoms with Crippen LogP contribution in [0.5, 0.6) is 0 Å². The minimum absolute atomic E-state index is 0.0903. The van der Waals surface area contributed by atoms with Crippen molar-refractivity contribution >= 4 is 29.0 Å². The van der Waals surface area contributed by atoms with Crippen molar-refractivity contribution in [3.63, 3.8) is 0 Å². The summed E-state index contributed by atoms with van der Waals surface area (Å²) in [6.07, 6.45) is -2.28. The highest BCUT2D eigenvalue weighted by atomic mass is 35.5. The van der Waals surface area contributed by atoms with Crippen LogP contribution in [0.2, 0.25) is 0 Å². The molecule has 15 heavy (non-hydrogen) atoms. The molecule has 5 heteroatoms. The Kier molecular flexibility index (Phi) is 6.92. The molecule has 0 heterocycles. The SMILES string of the molecule is C=C(Cl)Cl.FC(F)=C(F)c1ccccc1. The fraction of sp³-hybridized carbons (Fsp3) is 0. The lowest BCUT2D eigenvalue weighted by Crippen LogP contribution is -1.76. The molecule has 1 aromatic rings. The molecular formula is C10H7Cl2F3. The lowest BCUT2D eigenvalue weighted by Gasteiger charge is -1.93. The first-order chi connectivity index (χ1) is 6.95. The zero-order valence-electron chi connectivity index (χ0n) is 7.48. The molecule has 0 atom stereocenters. The van der Waals surface area contributed by atoms with Crippen molar-refractivity contribution in [3.8, 4) is 0 Å². The maximum Gasteiger partial charge on any atom is 0.306 e. The molecule has 0 saturated heterocycles. The number of rotatable bonds is 1. The van der Waals surface area contributed by atoms with Crippen LogP contribution in [0.3, 0.4) is 0 Å². The van der Waals surface area contributed by atoms with Crippen molar-refractivity contribution in [1.29, 1.82) is 0 Å². The average molecular weight is 255 g/mol. The van der Waals surface area contributed by atoms with Gasteiger partial charge in [0.2, 0.25) is 0 Å². The van der Waals surface area contributed by atoms with Gasteiger partial charge in [0.15, 0.2) is 5.83 Å². The smallest absolute Gasteiger partial charge is 0.200 e. The Labute approximate surface area is 95.6 Å². The highest BCUT2D eigenvalue weighted by Crippen LogP contribution is 2.20. The van der Waals surface area contributed by atoms with Crippen LogP contribution in [0, 0.1) is 0 Å². The van der Waals surface area contributed by atoms with Gasteiger partial charge in [-0.05, 0) is 0 Å². The van der Waals surface area contributed by atoms with Gasteiger partial charge in [-0.25, -0.2) is 4.39 Å². The Balaban J connectivity index is 0.000000423. The van der Waals surface area contributed by atoms with Gasteiger partial charge in [0, 0.05) is 5.56 Å². The standard InChI is InChI=1S/C8H5F3.C2H2Cl2/c9-7(8(10)11)6-4-2-1-3-5-6;1-2(3)4/h1-5H;1H2. The molecule has 0 aliphatic rings. The molecule has 0 fully saturated rings. The molecule has 0 aromatic heterocycles. The quantitative estimate of drug-likeness (QED) is 0.650. The van der Waals surface area contributed by atoms with Gasteiger partial charge in [-0.15, -0.1) is 0 Å². The summed E-state index contributed by atoms with van der Waals surface area (Å²) in [7, 11) is 0. The largest absolute Gasteiger partial charge is 0.306 e. The summed E-state index contributed by atoms with van der Waals surface area (Å²) >= 11 is 9.69. The van der Waals surface area contributed by atoms with E-state index in [9.17, 15) is 13.2 Å². The average Bonchev–Trinajstić information content (AvgIpc) is 2.17.